The Balaban J connectivity index is 1.42. The molecule has 1 aromatic heterocycles. The lowest BCUT2D eigenvalue weighted by molar-refractivity contribution is -0.0986. The van der Waals surface area contributed by atoms with Crippen LogP contribution in [-0.4, -0.2) is 21.4 Å². The Hall–Kier alpha value is -4.46. The molecule has 0 saturated carbocycles. The zero-order valence-electron chi connectivity index (χ0n) is 20.4. The normalized spacial score (nSPS) is 21.5. The van der Waals surface area contributed by atoms with E-state index >= 15 is 0 Å². The van der Waals surface area contributed by atoms with E-state index in [4.69, 9.17) is 16.0 Å². The molecule has 6 rings (SSSR count). The molecule has 2 aliphatic heterocycles. The predicted octanol–water partition coefficient (Wildman–Crippen LogP) is 6.56. The highest BCUT2D eigenvalue weighted by molar-refractivity contribution is 5.95. The van der Waals surface area contributed by atoms with Crippen LogP contribution in [0, 0.1) is 17.9 Å². The van der Waals surface area contributed by atoms with Crippen LogP contribution in [-0.2, 0) is 15.9 Å². The van der Waals surface area contributed by atoms with Crippen molar-refractivity contribution in [3.8, 4) is 29.3 Å². The zero-order chi connectivity index (χ0) is 25.8. The van der Waals surface area contributed by atoms with E-state index in [1.807, 2.05) is 31.2 Å². The van der Waals surface area contributed by atoms with E-state index in [-0.39, 0.29) is 11.8 Å². The summed E-state index contributed by atoms with van der Waals surface area (Å²) in [4.78, 5) is 3.41. The summed E-state index contributed by atoms with van der Waals surface area (Å²) in [5, 5.41) is 34.3. The monoisotopic (exact) mass is 491 g/mol. The average molecular weight is 492 g/mol. The number of hydrogen-bond donors (Lipinski definition) is 2. The lowest BCUT2D eigenvalue weighted by Gasteiger charge is -2.27. The van der Waals surface area contributed by atoms with Crippen LogP contribution >= 0.6 is 0 Å². The summed E-state index contributed by atoms with van der Waals surface area (Å²) in [6, 6.07) is 20.2. The Morgan fingerprint density at radius 3 is 2.35 bits per heavy atom. The molecule has 2 bridgehead atoms. The second kappa shape index (κ2) is 8.30. The third-order valence-corrected chi connectivity index (χ3v) is 7.93. The van der Waals surface area contributed by atoms with E-state index in [2.05, 4.69) is 10.9 Å². The van der Waals surface area contributed by atoms with Gasteiger partial charge in [0.25, 0.3) is 0 Å². The largest absolute Gasteiger partial charge is 0.494 e. The van der Waals surface area contributed by atoms with Crippen molar-refractivity contribution in [3.05, 3.63) is 88.8 Å². The molecule has 184 valence electrons. The minimum atomic E-state index is -0.781. The van der Waals surface area contributed by atoms with E-state index in [1.165, 1.54) is 4.57 Å². The lowest BCUT2D eigenvalue weighted by Crippen LogP contribution is -2.25. The Morgan fingerprint density at radius 1 is 1.00 bits per heavy atom. The number of rotatable bonds is 6. The van der Waals surface area contributed by atoms with Gasteiger partial charge in [-0.1, -0.05) is 43.3 Å². The Labute approximate surface area is 214 Å². The average Bonchev–Trinajstić information content (AvgIpc) is 3.55. The fraction of sp³-hybridized carbons (Fsp3) is 0.267. The molecule has 2 atom stereocenters. The highest BCUT2D eigenvalue weighted by Gasteiger charge is 2.62. The number of aromatic nitrogens is 1. The van der Waals surface area contributed by atoms with Crippen molar-refractivity contribution < 1.29 is 19.7 Å². The van der Waals surface area contributed by atoms with Gasteiger partial charge in [0.2, 0.25) is 11.8 Å². The predicted molar refractivity (Wildman–Crippen MR) is 138 cm³/mol. The molecule has 0 radical (unpaired) electrons. The minimum Gasteiger partial charge on any atom is -0.494 e. The molecule has 1 fully saturated rings. The van der Waals surface area contributed by atoms with Gasteiger partial charge in [0, 0.05) is 17.2 Å². The molecule has 0 amide bonds. The summed E-state index contributed by atoms with van der Waals surface area (Å²) in [5.74, 6) is 0.593. The second-order valence-corrected chi connectivity index (χ2v) is 9.67. The first-order valence-electron chi connectivity index (χ1n) is 12.4. The SMILES string of the molecule is [C-]#[N+]c1ccc(OCCC23CCC(CC)(O2)c2c3c(O)n(-c3ccc(C#N)c4ccccc34)c2O)cc1. The molecule has 1 saturated heterocycles. The third-order valence-electron chi connectivity index (χ3n) is 7.93. The van der Waals surface area contributed by atoms with Gasteiger partial charge in [-0.25, -0.2) is 4.85 Å². The van der Waals surface area contributed by atoms with E-state index in [0.29, 0.717) is 59.7 Å². The number of ether oxygens (including phenoxy) is 2. The van der Waals surface area contributed by atoms with Crippen molar-refractivity contribution in [2.24, 2.45) is 0 Å². The molecule has 7 heteroatoms. The number of nitriles is 1. The molecule has 37 heavy (non-hydrogen) atoms. The topological polar surface area (TPSA) is 92.0 Å². The summed E-state index contributed by atoms with van der Waals surface area (Å²) >= 11 is 0. The standard InChI is InChI=1S/C30H25N3O4/c1-3-29-14-15-30(37-29,16-17-36-21-11-9-20(32-2)10-12-21)26-25(29)27(34)33(28(26)35)24-13-8-19(18-31)22-6-4-5-7-23(22)24/h4-13,34-35H,3,14-17H2,1H3. The number of fused-ring (bicyclic) bond motifs is 6. The number of aromatic hydroxyl groups is 2. The Morgan fingerprint density at radius 2 is 1.68 bits per heavy atom. The van der Waals surface area contributed by atoms with Crippen LogP contribution in [0.5, 0.6) is 17.5 Å². The van der Waals surface area contributed by atoms with Crippen molar-refractivity contribution in [3.63, 3.8) is 0 Å². The lowest BCUT2D eigenvalue weighted by atomic mass is 9.76. The van der Waals surface area contributed by atoms with Crippen LogP contribution in [0.1, 0.15) is 49.3 Å². The van der Waals surface area contributed by atoms with Crippen LogP contribution < -0.4 is 4.74 Å². The molecule has 4 aromatic rings. The van der Waals surface area contributed by atoms with E-state index in [1.54, 1.807) is 36.4 Å². The van der Waals surface area contributed by atoms with Crippen molar-refractivity contribution in [2.45, 2.75) is 43.8 Å². The fourth-order valence-corrected chi connectivity index (χ4v) is 6.12. The first kappa shape index (κ1) is 23.0. The van der Waals surface area contributed by atoms with E-state index < -0.39 is 11.2 Å². The molecule has 2 aliphatic rings. The summed E-state index contributed by atoms with van der Waals surface area (Å²) < 4.78 is 14.1. The second-order valence-electron chi connectivity index (χ2n) is 9.67. The Bertz CT molecular complexity index is 1630. The summed E-state index contributed by atoms with van der Waals surface area (Å²) in [6.07, 6.45) is 2.60. The third kappa shape index (κ3) is 3.21. The van der Waals surface area contributed by atoms with Gasteiger partial charge in [-0.2, -0.15) is 5.26 Å². The first-order valence-corrected chi connectivity index (χ1v) is 12.4. The van der Waals surface area contributed by atoms with Gasteiger partial charge in [-0.05, 0) is 43.5 Å². The summed E-state index contributed by atoms with van der Waals surface area (Å²) in [7, 11) is 0. The van der Waals surface area contributed by atoms with Gasteiger partial charge in [-0.3, -0.25) is 4.57 Å². The van der Waals surface area contributed by atoms with Crippen LogP contribution in [0.2, 0.25) is 0 Å². The van der Waals surface area contributed by atoms with E-state index in [9.17, 15) is 15.5 Å². The smallest absolute Gasteiger partial charge is 0.205 e. The summed E-state index contributed by atoms with van der Waals surface area (Å²) in [6.45, 7) is 9.48. The van der Waals surface area contributed by atoms with Gasteiger partial charge in [0.15, 0.2) is 5.69 Å². The quantitative estimate of drug-likeness (QED) is 0.298. The van der Waals surface area contributed by atoms with Crippen molar-refractivity contribution >= 4 is 16.5 Å². The van der Waals surface area contributed by atoms with Gasteiger partial charge < -0.3 is 19.7 Å². The first-order chi connectivity index (χ1) is 18.0. The van der Waals surface area contributed by atoms with Crippen LogP contribution in [0.25, 0.3) is 21.3 Å². The maximum atomic E-state index is 11.6. The fourth-order valence-electron chi connectivity index (χ4n) is 6.12. The maximum Gasteiger partial charge on any atom is 0.205 e. The molecular formula is C30H25N3O4. The Kier molecular flexibility index (Phi) is 5.15. The van der Waals surface area contributed by atoms with Crippen LogP contribution in [0.15, 0.2) is 60.7 Å². The molecular weight excluding hydrogens is 466 g/mol. The highest BCUT2D eigenvalue weighted by Crippen LogP contribution is 2.66. The molecule has 0 aliphatic carbocycles. The molecule has 2 unspecified atom stereocenters. The minimum absolute atomic E-state index is 0.0264. The molecule has 3 aromatic carbocycles. The maximum absolute atomic E-state index is 11.6. The van der Waals surface area contributed by atoms with Crippen LogP contribution in [0.3, 0.4) is 0 Å². The number of nitrogens with zero attached hydrogens (tertiary/aromatic N) is 3. The molecule has 2 N–H and O–H groups in total. The van der Waals surface area contributed by atoms with Crippen molar-refractivity contribution in [2.75, 3.05) is 6.61 Å². The van der Waals surface area contributed by atoms with Crippen molar-refractivity contribution in [1.29, 1.82) is 5.26 Å². The molecule has 0 spiro atoms. The summed E-state index contributed by atoms with van der Waals surface area (Å²) in [5.41, 5.74) is 1.50. The number of benzene rings is 3. The molecule has 7 nitrogen and oxygen atoms in total. The zero-order valence-corrected chi connectivity index (χ0v) is 20.4. The van der Waals surface area contributed by atoms with Gasteiger partial charge in [0.05, 0.1) is 47.2 Å². The molecule has 3 heterocycles. The van der Waals surface area contributed by atoms with Crippen molar-refractivity contribution in [1.82, 2.24) is 4.57 Å². The number of hydrogen-bond acceptors (Lipinski definition) is 5. The van der Waals surface area contributed by atoms with E-state index in [0.717, 1.165) is 17.2 Å². The highest BCUT2D eigenvalue weighted by atomic mass is 16.5. The van der Waals surface area contributed by atoms with Gasteiger partial charge >= 0.3 is 0 Å². The van der Waals surface area contributed by atoms with Gasteiger partial charge in [-0.15, -0.1) is 0 Å². The van der Waals surface area contributed by atoms with Crippen LogP contribution in [0.4, 0.5) is 5.69 Å². The van der Waals surface area contributed by atoms with Gasteiger partial charge in [0.1, 0.15) is 11.4 Å².